The Morgan fingerprint density at radius 1 is 1.18 bits per heavy atom. The van der Waals surface area contributed by atoms with Gasteiger partial charge in [0.05, 0.1) is 0 Å². The minimum atomic E-state index is -0.327. The number of carbonyl (C=O) groups is 1. The highest BCUT2D eigenvalue weighted by molar-refractivity contribution is 6.68. The number of rotatable bonds is 7. The Balaban J connectivity index is 2.58. The van der Waals surface area contributed by atoms with E-state index in [0.717, 1.165) is 24.0 Å². The largest absolute Gasteiger partial charge is 0.276 e. The molecule has 1 rings (SSSR count). The Kier molecular flexibility index (Phi) is 6.28. The molecule has 0 aromatic heterocycles. The van der Waals surface area contributed by atoms with Gasteiger partial charge in [0, 0.05) is 5.56 Å². The van der Waals surface area contributed by atoms with Crippen LogP contribution in [0.25, 0.3) is 0 Å². The van der Waals surface area contributed by atoms with E-state index in [1.807, 2.05) is 25.1 Å². The van der Waals surface area contributed by atoms with E-state index in [0.29, 0.717) is 5.56 Å². The van der Waals surface area contributed by atoms with Crippen LogP contribution in [-0.4, -0.2) is 5.24 Å². The van der Waals surface area contributed by atoms with Crippen LogP contribution in [-0.2, 0) is 6.42 Å². The molecule has 1 aromatic rings. The van der Waals surface area contributed by atoms with Gasteiger partial charge in [0.15, 0.2) is 0 Å². The second-order valence-corrected chi connectivity index (χ2v) is 4.89. The minimum Gasteiger partial charge on any atom is -0.276 e. The standard InChI is InChI=1S/C15H21ClO/c1-3-4-5-6-7-10-13-11-8-9-12(2)14(13)15(16)17/h8-9,11H,3-7,10H2,1-2H3. The van der Waals surface area contributed by atoms with E-state index in [-0.39, 0.29) is 5.24 Å². The van der Waals surface area contributed by atoms with Gasteiger partial charge in [-0.3, -0.25) is 4.79 Å². The maximum absolute atomic E-state index is 11.4. The second kappa shape index (κ2) is 7.50. The van der Waals surface area contributed by atoms with Crippen molar-refractivity contribution < 1.29 is 4.79 Å². The van der Waals surface area contributed by atoms with E-state index < -0.39 is 0 Å². The first-order valence-electron chi connectivity index (χ1n) is 6.45. The molecule has 0 amide bonds. The van der Waals surface area contributed by atoms with Crippen molar-refractivity contribution in [2.45, 2.75) is 52.4 Å². The maximum atomic E-state index is 11.4. The number of aryl methyl sites for hydroxylation is 2. The van der Waals surface area contributed by atoms with Crippen LogP contribution in [0.2, 0.25) is 0 Å². The van der Waals surface area contributed by atoms with Crippen LogP contribution >= 0.6 is 11.6 Å². The van der Waals surface area contributed by atoms with Crippen LogP contribution in [0.4, 0.5) is 0 Å². The first kappa shape index (κ1) is 14.2. The SMILES string of the molecule is CCCCCCCc1cccc(C)c1C(=O)Cl. The summed E-state index contributed by atoms with van der Waals surface area (Å²) in [4.78, 5) is 11.4. The van der Waals surface area contributed by atoms with E-state index in [1.165, 1.54) is 25.7 Å². The fourth-order valence-corrected chi connectivity index (χ4v) is 2.41. The molecule has 0 saturated heterocycles. The predicted octanol–water partition coefficient (Wildman–Crippen LogP) is 4.89. The van der Waals surface area contributed by atoms with E-state index in [9.17, 15) is 4.79 Å². The number of benzene rings is 1. The molecule has 0 aliphatic carbocycles. The third-order valence-corrected chi connectivity index (χ3v) is 3.29. The minimum absolute atomic E-state index is 0.327. The molecule has 0 heterocycles. The molecule has 0 spiro atoms. The van der Waals surface area contributed by atoms with Crippen molar-refractivity contribution in [2.24, 2.45) is 0 Å². The summed E-state index contributed by atoms with van der Waals surface area (Å²) < 4.78 is 0. The Morgan fingerprint density at radius 3 is 2.53 bits per heavy atom. The normalized spacial score (nSPS) is 10.5. The number of unbranched alkanes of at least 4 members (excludes halogenated alkanes) is 4. The molecule has 0 unspecified atom stereocenters. The fourth-order valence-electron chi connectivity index (χ4n) is 2.14. The number of carbonyl (C=O) groups excluding carboxylic acids is 1. The average Bonchev–Trinajstić information content (AvgIpc) is 2.28. The molecule has 0 radical (unpaired) electrons. The van der Waals surface area contributed by atoms with Crippen molar-refractivity contribution >= 4 is 16.8 Å². The van der Waals surface area contributed by atoms with E-state index in [4.69, 9.17) is 11.6 Å². The van der Waals surface area contributed by atoms with Crippen molar-refractivity contribution in [3.63, 3.8) is 0 Å². The van der Waals surface area contributed by atoms with Gasteiger partial charge in [0.1, 0.15) is 0 Å². The van der Waals surface area contributed by atoms with Gasteiger partial charge in [-0.2, -0.15) is 0 Å². The zero-order chi connectivity index (χ0) is 12.7. The van der Waals surface area contributed by atoms with Gasteiger partial charge in [0.2, 0.25) is 0 Å². The quantitative estimate of drug-likeness (QED) is 0.499. The van der Waals surface area contributed by atoms with Gasteiger partial charge < -0.3 is 0 Å². The summed E-state index contributed by atoms with van der Waals surface area (Å²) in [6.45, 7) is 4.15. The van der Waals surface area contributed by atoms with Crippen molar-refractivity contribution in [2.75, 3.05) is 0 Å². The average molecular weight is 253 g/mol. The van der Waals surface area contributed by atoms with Crippen molar-refractivity contribution in [1.82, 2.24) is 0 Å². The molecule has 0 aliphatic rings. The lowest BCUT2D eigenvalue weighted by molar-refractivity contribution is 0.108. The van der Waals surface area contributed by atoms with Crippen LogP contribution in [0.15, 0.2) is 18.2 Å². The second-order valence-electron chi connectivity index (χ2n) is 4.55. The fraction of sp³-hybridized carbons (Fsp3) is 0.533. The molecule has 0 aliphatic heterocycles. The summed E-state index contributed by atoms with van der Waals surface area (Å²) in [5, 5.41) is -0.327. The molecule has 0 atom stereocenters. The lowest BCUT2D eigenvalue weighted by Gasteiger charge is -2.08. The molecular weight excluding hydrogens is 232 g/mol. The Hall–Kier alpha value is -0.820. The van der Waals surface area contributed by atoms with Gasteiger partial charge in [-0.1, -0.05) is 50.8 Å². The highest BCUT2D eigenvalue weighted by Crippen LogP contribution is 2.19. The van der Waals surface area contributed by atoms with Crippen LogP contribution in [0.1, 0.15) is 60.5 Å². The Morgan fingerprint density at radius 2 is 1.88 bits per heavy atom. The summed E-state index contributed by atoms with van der Waals surface area (Å²) in [5.74, 6) is 0. The third kappa shape index (κ3) is 4.51. The van der Waals surface area contributed by atoms with Crippen molar-refractivity contribution in [1.29, 1.82) is 0 Å². The number of hydrogen-bond donors (Lipinski definition) is 0. The molecule has 1 aromatic carbocycles. The monoisotopic (exact) mass is 252 g/mol. The van der Waals surface area contributed by atoms with Gasteiger partial charge in [-0.25, -0.2) is 0 Å². The maximum Gasteiger partial charge on any atom is 0.252 e. The number of halogens is 1. The molecule has 1 nitrogen and oxygen atoms in total. The molecule has 94 valence electrons. The topological polar surface area (TPSA) is 17.1 Å². The van der Waals surface area contributed by atoms with Crippen molar-refractivity contribution in [3.8, 4) is 0 Å². The van der Waals surface area contributed by atoms with Crippen LogP contribution in [0.3, 0.4) is 0 Å². The van der Waals surface area contributed by atoms with Gasteiger partial charge in [0.25, 0.3) is 5.24 Å². The summed E-state index contributed by atoms with van der Waals surface area (Å²) in [6.07, 6.45) is 7.18. The molecule has 0 N–H and O–H groups in total. The zero-order valence-electron chi connectivity index (χ0n) is 10.8. The first-order chi connectivity index (χ1) is 8.16. The lowest BCUT2D eigenvalue weighted by Crippen LogP contribution is -2.01. The third-order valence-electron chi connectivity index (χ3n) is 3.11. The smallest absolute Gasteiger partial charge is 0.252 e. The Bertz CT molecular complexity index is 371. The van der Waals surface area contributed by atoms with E-state index in [1.54, 1.807) is 0 Å². The summed E-state index contributed by atoms with van der Waals surface area (Å²) >= 11 is 5.64. The molecule has 0 bridgehead atoms. The van der Waals surface area contributed by atoms with Gasteiger partial charge >= 0.3 is 0 Å². The summed E-state index contributed by atoms with van der Waals surface area (Å²) in [7, 11) is 0. The highest BCUT2D eigenvalue weighted by atomic mass is 35.5. The number of hydrogen-bond acceptors (Lipinski definition) is 1. The molecule has 0 saturated carbocycles. The van der Waals surface area contributed by atoms with Crippen LogP contribution < -0.4 is 0 Å². The van der Waals surface area contributed by atoms with E-state index in [2.05, 4.69) is 6.92 Å². The molecule has 2 heteroatoms. The van der Waals surface area contributed by atoms with E-state index >= 15 is 0 Å². The molecular formula is C15H21ClO. The molecule has 0 fully saturated rings. The van der Waals surface area contributed by atoms with Gasteiger partial charge in [-0.05, 0) is 42.5 Å². The van der Waals surface area contributed by atoms with Crippen LogP contribution in [0.5, 0.6) is 0 Å². The predicted molar refractivity (Wildman–Crippen MR) is 73.8 cm³/mol. The highest BCUT2D eigenvalue weighted by Gasteiger charge is 2.11. The van der Waals surface area contributed by atoms with Gasteiger partial charge in [-0.15, -0.1) is 0 Å². The van der Waals surface area contributed by atoms with Crippen LogP contribution in [0, 0.1) is 6.92 Å². The Labute approximate surface area is 109 Å². The molecule has 17 heavy (non-hydrogen) atoms. The summed E-state index contributed by atoms with van der Waals surface area (Å²) in [5.41, 5.74) is 2.79. The first-order valence-corrected chi connectivity index (χ1v) is 6.83. The zero-order valence-corrected chi connectivity index (χ0v) is 11.5. The lowest BCUT2D eigenvalue weighted by atomic mass is 9.98. The summed E-state index contributed by atoms with van der Waals surface area (Å²) in [6, 6.07) is 5.96. The van der Waals surface area contributed by atoms with Crippen molar-refractivity contribution in [3.05, 3.63) is 34.9 Å².